The van der Waals surface area contributed by atoms with E-state index in [0.29, 0.717) is 11.3 Å². The van der Waals surface area contributed by atoms with E-state index in [4.69, 9.17) is 0 Å². The Labute approximate surface area is 310 Å². The molecule has 0 saturated carbocycles. The molecule has 0 N–H and O–H groups in total. The molecule has 0 heterocycles. The van der Waals surface area contributed by atoms with Crippen molar-refractivity contribution >= 4 is 21.5 Å². The van der Waals surface area contributed by atoms with Crippen molar-refractivity contribution in [3.8, 4) is 0 Å². The Hall–Kier alpha value is -0.747. The summed E-state index contributed by atoms with van der Waals surface area (Å²) in [5, 5.41) is 5.57. The first-order valence-electron chi connectivity index (χ1n) is 16.5. The van der Waals surface area contributed by atoms with Crippen LogP contribution in [0.3, 0.4) is 0 Å². The zero-order valence-corrected chi connectivity index (χ0v) is 35.5. The van der Waals surface area contributed by atoms with Gasteiger partial charge in [0.1, 0.15) is 0 Å². The minimum absolute atomic E-state index is 0. The van der Waals surface area contributed by atoms with Crippen molar-refractivity contribution in [2.24, 2.45) is 11.3 Å². The van der Waals surface area contributed by atoms with E-state index < -0.39 is 0 Å². The first-order chi connectivity index (χ1) is 18.9. The van der Waals surface area contributed by atoms with Crippen LogP contribution in [-0.2, 0) is 47.9 Å². The van der Waals surface area contributed by atoms with Gasteiger partial charge in [-0.05, 0) is 21.7 Å². The van der Waals surface area contributed by atoms with Crippen LogP contribution < -0.4 is 24.8 Å². The fourth-order valence-corrected chi connectivity index (χ4v) is 6.15. The molecule has 0 spiro atoms. The average Bonchev–Trinajstić information content (AvgIpc) is 3.43. The third kappa shape index (κ3) is 10.9. The van der Waals surface area contributed by atoms with Crippen molar-refractivity contribution in [1.82, 2.24) is 0 Å². The van der Waals surface area contributed by atoms with Gasteiger partial charge in [-0.2, -0.15) is 11.6 Å². The molecule has 0 saturated heterocycles. The van der Waals surface area contributed by atoms with Crippen LogP contribution in [0.1, 0.15) is 152 Å². The van der Waals surface area contributed by atoms with Gasteiger partial charge in [0, 0.05) is 0 Å². The molecule has 1 aliphatic carbocycles. The molecule has 0 radical (unpaired) electrons. The van der Waals surface area contributed by atoms with Crippen molar-refractivity contribution in [3.05, 3.63) is 76.4 Å². The summed E-state index contributed by atoms with van der Waals surface area (Å²) in [6.45, 7) is 37.1. The topological polar surface area (TPSA) is 0 Å². The summed E-state index contributed by atoms with van der Waals surface area (Å²) in [5.41, 5.74) is 8.16. The van der Waals surface area contributed by atoms with Gasteiger partial charge in [-0.15, -0.1) is 39.7 Å². The molecule has 1 unspecified atom stereocenters. The van der Waals surface area contributed by atoms with Crippen LogP contribution in [0, 0.1) is 17.4 Å². The molecule has 1 atom stereocenters. The molecule has 248 valence electrons. The van der Waals surface area contributed by atoms with Crippen molar-refractivity contribution in [2.45, 2.75) is 152 Å². The zero-order valence-electron chi connectivity index (χ0n) is 31.5. The second-order valence-corrected chi connectivity index (χ2v) is 18.0. The van der Waals surface area contributed by atoms with E-state index >= 15 is 0 Å². The van der Waals surface area contributed by atoms with E-state index in [2.05, 4.69) is 159 Å². The second kappa shape index (κ2) is 15.6. The smallest absolute Gasteiger partial charge is 1.00 e. The number of rotatable bonds is 3. The summed E-state index contributed by atoms with van der Waals surface area (Å²) in [6.07, 6.45) is 11.9. The van der Waals surface area contributed by atoms with Crippen molar-refractivity contribution in [1.29, 1.82) is 0 Å². The number of hydrogen-bond donors (Lipinski definition) is 0. The molecule has 3 aromatic rings. The van der Waals surface area contributed by atoms with Gasteiger partial charge in [0.25, 0.3) is 0 Å². The first kappa shape index (κ1) is 44.3. The van der Waals surface area contributed by atoms with Crippen molar-refractivity contribution in [3.63, 3.8) is 0 Å². The second-order valence-electron chi connectivity index (χ2n) is 18.0. The van der Waals surface area contributed by atoms with Gasteiger partial charge in [-0.25, -0.2) is 6.08 Å². The van der Waals surface area contributed by atoms with Gasteiger partial charge < -0.3 is 24.8 Å². The van der Waals surface area contributed by atoms with Gasteiger partial charge in [0.2, 0.25) is 0 Å². The summed E-state index contributed by atoms with van der Waals surface area (Å²) in [4.78, 5) is 0. The molecule has 0 fully saturated rings. The molecule has 0 amide bonds. The van der Waals surface area contributed by atoms with Crippen LogP contribution in [0.15, 0.2) is 48.1 Å². The maximum atomic E-state index is 3.43. The minimum atomic E-state index is 0. The van der Waals surface area contributed by atoms with Gasteiger partial charge in [0.15, 0.2) is 0 Å². The molecule has 3 aromatic carbocycles. The molecule has 3 heteroatoms. The Morgan fingerprint density at radius 2 is 0.933 bits per heavy atom. The monoisotopic (exact) mass is 726 g/mol. The molecule has 45 heavy (non-hydrogen) atoms. The number of hydrogen-bond acceptors (Lipinski definition) is 0. The summed E-state index contributed by atoms with van der Waals surface area (Å²) in [5.74, 6) is 0.592. The normalized spacial score (nSPS) is 15.6. The van der Waals surface area contributed by atoms with Gasteiger partial charge in [-0.3, -0.25) is 6.08 Å². The molecular weight excluding hydrogens is 667 g/mol. The summed E-state index contributed by atoms with van der Waals surface area (Å²) < 4.78 is 0. The Balaban J connectivity index is 0.00000103. The molecule has 1 aliphatic rings. The SMILES string of the molecule is CC(C)(C)c1cc2[cH-]c3cc(C(C)(C)C)c(C(C)(C)C)cc3c2cc1C(C)(C)C.CCCCC1[C-]=CC(C(C)(C)C)=C1.[Cl-].[Cl-].[Zr+4]. The number of allylic oxidation sites excluding steroid dienone is 4. The molecule has 4 rings (SSSR count). The predicted molar refractivity (Wildman–Crippen MR) is 190 cm³/mol. The van der Waals surface area contributed by atoms with Crippen LogP contribution in [-0.4, -0.2) is 0 Å². The van der Waals surface area contributed by atoms with E-state index in [1.807, 2.05) is 0 Å². The first-order valence-corrected chi connectivity index (χ1v) is 16.5. The van der Waals surface area contributed by atoms with Gasteiger partial charge in [0.05, 0.1) is 0 Å². The Bertz CT molecular complexity index is 1380. The van der Waals surface area contributed by atoms with E-state index in [-0.39, 0.29) is 72.7 Å². The van der Waals surface area contributed by atoms with Crippen molar-refractivity contribution in [2.75, 3.05) is 0 Å². The van der Waals surface area contributed by atoms with E-state index in [1.165, 1.54) is 68.6 Å². The molecule has 0 nitrogen and oxygen atoms in total. The van der Waals surface area contributed by atoms with E-state index in [9.17, 15) is 0 Å². The van der Waals surface area contributed by atoms with Crippen LogP contribution in [0.25, 0.3) is 21.5 Å². The molecule has 0 aliphatic heterocycles. The van der Waals surface area contributed by atoms with Crippen LogP contribution in [0.4, 0.5) is 0 Å². The quantitative estimate of drug-likeness (QED) is 0.254. The average molecular weight is 729 g/mol. The molecule has 0 bridgehead atoms. The Morgan fingerprint density at radius 1 is 0.578 bits per heavy atom. The number of halogens is 2. The summed E-state index contributed by atoms with van der Waals surface area (Å²) in [7, 11) is 0. The van der Waals surface area contributed by atoms with E-state index in [0.717, 1.165) is 0 Å². The summed E-state index contributed by atoms with van der Waals surface area (Å²) >= 11 is 0. The molecule has 0 aromatic heterocycles. The third-order valence-electron chi connectivity index (χ3n) is 8.78. The largest absolute Gasteiger partial charge is 4.00 e. The number of benzene rings is 2. The van der Waals surface area contributed by atoms with Crippen LogP contribution in [0.2, 0.25) is 0 Å². The van der Waals surface area contributed by atoms with E-state index in [1.54, 1.807) is 0 Å². The zero-order chi connectivity index (χ0) is 32.1. The standard InChI is InChI=1S/C29H41.C13H21.2ClH.Zr/c1-26(2,3)22-14-18-13-19-15-23(27(4,5)6)25(29(10,11)12)17-21(19)20(18)16-24(22)28(7,8)9;1-5-6-7-11-8-9-12(10-11)13(2,3)4;;;/h13-17H,1-12H3;9-11H,5-7H2,1-4H3;2*1H;/q2*-1;;;+4/p-2. The minimum Gasteiger partial charge on any atom is -1.00 e. The predicted octanol–water partition coefficient (Wildman–Crippen LogP) is 7.05. The van der Waals surface area contributed by atoms with Crippen LogP contribution >= 0.6 is 0 Å². The van der Waals surface area contributed by atoms with Gasteiger partial charge >= 0.3 is 26.2 Å². The molecular formula is C42H62Cl2Zr. The Morgan fingerprint density at radius 3 is 1.22 bits per heavy atom. The fourth-order valence-electron chi connectivity index (χ4n) is 6.15. The maximum Gasteiger partial charge on any atom is 4.00 e. The van der Waals surface area contributed by atoms with Gasteiger partial charge in [-0.1, -0.05) is 176 Å². The van der Waals surface area contributed by atoms with Crippen molar-refractivity contribution < 1.29 is 51.0 Å². The number of fused-ring (bicyclic) bond motifs is 3. The Kier molecular flexibility index (Phi) is 15.4. The fraction of sp³-hybridized carbons (Fsp3) is 0.595. The third-order valence-corrected chi connectivity index (χ3v) is 8.78. The summed E-state index contributed by atoms with van der Waals surface area (Å²) in [6, 6.07) is 12.3. The maximum absolute atomic E-state index is 3.43. The van der Waals surface area contributed by atoms with Crippen LogP contribution in [0.5, 0.6) is 0 Å². The number of unbranched alkanes of at least 4 members (excludes halogenated alkanes) is 1.